The van der Waals surface area contributed by atoms with Crippen LogP contribution in [-0.2, 0) is 0 Å². The smallest absolute Gasteiger partial charge is 0.115 e. The molecule has 0 bridgehead atoms. The van der Waals surface area contributed by atoms with Crippen LogP contribution in [0.4, 0.5) is 0 Å². The van der Waals surface area contributed by atoms with Gasteiger partial charge >= 0.3 is 0 Å². The second-order valence-corrected chi connectivity index (χ2v) is 9.98. The van der Waals surface area contributed by atoms with Gasteiger partial charge in [0, 0.05) is 0 Å². The van der Waals surface area contributed by atoms with Crippen molar-refractivity contribution in [3.63, 3.8) is 0 Å². The van der Waals surface area contributed by atoms with Gasteiger partial charge in [-0.05, 0) is 56.3 Å². The molecule has 0 spiro atoms. The summed E-state index contributed by atoms with van der Waals surface area (Å²) in [5.41, 5.74) is 1.32. The van der Waals surface area contributed by atoms with Crippen LogP contribution in [0.25, 0.3) is 0 Å². The van der Waals surface area contributed by atoms with Gasteiger partial charge < -0.3 is 17.0 Å². The molecule has 3 aromatic carbocycles. The summed E-state index contributed by atoms with van der Waals surface area (Å²) in [5.74, 6) is 0. The van der Waals surface area contributed by atoms with E-state index in [1.54, 1.807) is 0 Å². The van der Waals surface area contributed by atoms with Gasteiger partial charge in [-0.2, -0.15) is 0 Å². The van der Waals surface area contributed by atoms with E-state index in [2.05, 4.69) is 123 Å². The third-order valence-corrected chi connectivity index (χ3v) is 8.98. The van der Waals surface area contributed by atoms with Gasteiger partial charge in [0.15, 0.2) is 0 Å². The first-order valence-electron chi connectivity index (χ1n) is 9.12. The van der Waals surface area contributed by atoms with Crippen LogP contribution in [0.5, 0.6) is 0 Å². The van der Waals surface area contributed by atoms with E-state index in [0.29, 0.717) is 0 Å². The van der Waals surface area contributed by atoms with E-state index in [-0.39, 0.29) is 17.0 Å². The van der Waals surface area contributed by atoms with Crippen LogP contribution in [0.3, 0.4) is 0 Å². The van der Waals surface area contributed by atoms with Crippen LogP contribution in [0, 0.1) is 0 Å². The van der Waals surface area contributed by atoms with Crippen LogP contribution < -0.4 is 32.9 Å². The second-order valence-electron chi connectivity index (χ2n) is 6.45. The summed E-state index contributed by atoms with van der Waals surface area (Å²) >= 11 is 0. The third kappa shape index (κ3) is 4.86. The Morgan fingerprint density at radius 2 is 1.07 bits per heavy atom. The fraction of sp³-hybridized carbons (Fsp3) is 0.120. The average molecular weight is 437 g/mol. The molecule has 0 saturated heterocycles. The Morgan fingerprint density at radius 3 is 1.41 bits per heavy atom. The fourth-order valence-electron chi connectivity index (χ4n) is 3.42. The summed E-state index contributed by atoms with van der Waals surface area (Å²) < 4.78 is 0. The molecule has 0 aliphatic heterocycles. The molecule has 0 N–H and O–H groups in total. The molecule has 3 aromatic rings. The zero-order valence-electron chi connectivity index (χ0n) is 15.9. The fourth-order valence-corrected chi connectivity index (χ4v) is 7.55. The predicted octanol–water partition coefficient (Wildman–Crippen LogP) is 2.51. The van der Waals surface area contributed by atoms with Crippen molar-refractivity contribution >= 4 is 23.2 Å². The molecule has 0 amide bonds. The number of rotatable bonds is 6. The Labute approximate surface area is 174 Å². The molecule has 0 nitrogen and oxygen atoms in total. The molecule has 3 rings (SSSR count). The highest BCUT2D eigenvalue weighted by molar-refractivity contribution is 7.95. The van der Waals surface area contributed by atoms with Gasteiger partial charge in [-0.3, -0.25) is 0 Å². The van der Waals surface area contributed by atoms with Crippen LogP contribution in [0.15, 0.2) is 115 Å². The molecule has 0 unspecified atom stereocenters. The van der Waals surface area contributed by atoms with Gasteiger partial charge in [0.05, 0.1) is 6.16 Å². The zero-order chi connectivity index (χ0) is 18.2. The molecule has 0 aliphatic rings. The molecule has 0 fully saturated rings. The predicted molar refractivity (Wildman–Crippen MR) is 119 cm³/mol. The van der Waals surface area contributed by atoms with Gasteiger partial charge in [-0.25, -0.2) is 0 Å². The van der Waals surface area contributed by atoms with E-state index >= 15 is 0 Å². The molecule has 138 valence electrons. The van der Waals surface area contributed by atoms with Crippen molar-refractivity contribution in [1.29, 1.82) is 0 Å². The Kier molecular flexibility index (Phi) is 8.23. The highest BCUT2D eigenvalue weighted by Gasteiger charge is 2.44. The molecule has 2 heteroatoms. The van der Waals surface area contributed by atoms with Gasteiger partial charge in [0.2, 0.25) is 0 Å². The van der Waals surface area contributed by atoms with E-state index in [4.69, 9.17) is 0 Å². The minimum absolute atomic E-state index is 0. The van der Waals surface area contributed by atoms with Crippen LogP contribution in [0.1, 0.15) is 13.8 Å². The topological polar surface area (TPSA) is 0 Å². The van der Waals surface area contributed by atoms with Gasteiger partial charge in [-0.15, -0.1) is 0 Å². The Bertz CT molecular complexity index is 771. The molecule has 0 saturated carbocycles. The zero-order valence-corrected chi connectivity index (χ0v) is 18.4. The Morgan fingerprint density at radius 1 is 0.704 bits per heavy atom. The van der Waals surface area contributed by atoms with E-state index in [1.165, 1.54) is 21.5 Å². The Balaban J connectivity index is 0.00000261. The second kappa shape index (κ2) is 10.4. The molecule has 27 heavy (non-hydrogen) atoms. The molecule has 0 aliphatic carbocycles. The molecule has 0 heterocycles. The van der Waals surface area contributed by atoms with Crippen molar-refractivity contribution in [3.8, 4) is 0 Å². The normalized spacial score (nSPS) is 12.0. The van der Waals surface area contributed by atoms with Crippen molar-refractivity contribution in [1.82, 2.24) is 0 Å². The van der Waals surface area contributed by atoms with Crippen LogP contribution >= 0.6 is 7.26 Å². The number of benzene rings is 3. The lowest BCUT2D eigenvalue weighted by Crippen LogP contribution is -3.00. The first kappa shape index (κ1) is 21.4. The van der Waals surface area contributed by atoms with Crippen molar-refractivity contribution in [3.05, 3.63) is 115 Å². The van der Waals surface area contributed by atoms with Crippen molar-refractivity contribution in [2.45, 2.75) is 13.8 Å². The number of hydrogen-bond donors (Lipinski definition) is 0. The van der Waals surface area contributed by atoms with Crippen LogP contribution in [-0.4, -0.2) is 6.16 Å². The van der Waals surface area contributed by atoms with Crippen molar-refractivity contribution in [2.24, 2.45) is 0 Å². The minimum Gasteiger partial charge on any atom is -1.00 e. The SMILES string of the molecule is C/C=C/C(C)=C/C[P+](c1ccccc1)(c1ccccc1)c1ccccc1.[Br-]. The van der Waals surface area contributed by atoms with Gasteiger partial charge in [0.25, 0.3) is 0 Å². The summed E-state index contributed by atoms with van der Waals surface area (Å²) in [4.78, 5) is 0. The monoisotopic (exact) mass is 436 g/mol. The maximum Gasteiger partial charge on any atom is 0.115 e. The van der Waals surface area contributed by atoms with Crippen LogP contribution in [0.2, 0.25) is 0 Å². The van der Waals surface area contributed by atoms with E-state index in [0.717, 1.165) is 6.16 Å². The first-order chi connectivity index (χ1) is 12.8. The maximum absolute atomic E-state index is 2.40. The summed E-state index contributed by atoms with van der Waals surface area (Å²) in [5, 5.41) is 4.30. The number of hydrogen-bond acceptors (Lipinski definition) is 0. The van der Waals surface area contributed by atoms with E-state index < -0.39 is 7.26 Å². The highest BCUT2D eigenvalue weighted by atomic mass is 79.9. The summed E-state index contributed by atoms with van der Waals surface area (Å²) in [6.07, 6.45) is 7.73. The van der Waals surface area contributed by atoms with Crippen molar-refractivity contribution < 1.29 is 17.0 Å². The lowest BCUT2D eigenvalue weighted by Gasteiger charge is -2.26. The highest BCUT2D eigenvalue weighted by Crippen LogP contribution is 2.55. The van der Waals surface area contributed by atoms with Gasteiger partial charge in [0.1, 0.15) is 23.2 Å². The summed E-state index contributed by atoms with van der Waals surface area (Å²) in [6, 6.07) is 33.1. The largest absolute Gasteiger partial charge is 1.00 e. The van der Waals surface area contributed by atoms with E-state index in [9.17, 15) is 0 Å². The van der Waals surface area contributed by atoms with Gasteiger partial charge in [-0.1, -0.05) is 72.3 Å². The summed E-state index contributed by atoms with van der Waals surface area (Å²) in [6.45, 7) is 4.26. The van der Waals surface area contributed by atoms with E-state index in [1.807, 2.05) is 0 Å². The lowest BCUT2D eigenvalue weighted by molar-refractivity contribution is -0.00000517. The molecule has 0 radical (unpaired) electrons. The summed E-state index contributed by atoms with van der Waals surface area (Å²) in [7, 11) is -1.74. The quantitative estimate of drug-likeness (QED) is 0.411. The molecular formula is C25H26BrP. The average Bonchev–Trinajstić information content (AvgIpc) is 2.71. The molecule has 0 aromatic heterocycles. The number of halogens is 1. The van der Waals surface area contributed by atoms with Crippen molar-refractivity contribution in [2.75, 3.05) is 6.16 Å². The molecule has 0 atom stereocenters. The Hall–Kier alpha value is -1.95. The maximum atomic E-state index is 2.40. The first-order valence-corrected chi connectivity index (χ1v) is 11.1. The third-order valence-electron chi connectivity index (χ3n) is 4.71. The molecular weight excluding hydrogens is 411 g/mol. The minimum atomic E-state index is -1.74. The lowest BCUT2D eigenvalue weighted by atomic mass is 10.3. The standard InChI is InChI=1S/C25H26P.BrH/c1-3-13-22(2)20-21-26(23-14-7-4-8-15-23,24-16-9-5-10-17-24)25-18-11-6-12-19-25;/h3-20H,21H2,1-2H3;1H/q+1;/p-1/b13-3+,22-20+;. The number of allylic oxidation sites excluding steroid dienone is 4.